The molecule has 0 atom stereocenters. The van der Waals surface area contributed by atoms with E-state index in [4.69, 9.17) is 0 Å². The van der Waals surface area contributed by atoms with Gasteiger partial charge in [0.2, 0.25) is 0 Å². The number of hydrogen-bond donors (Lipinski definition) is 2. The molecule has 2 aromatic rings. The first-order valence-corrected chi connectivity index (χ1v) is 7.80. The molecule has 0 aliphatic carbocycles. The summed E-state index contributed by atoms with van der Waals surface area (Å²) in [6.07, 6.45) is 4.34. The second-order valence-corrected chi connectivity index (χ2v) is 6.03. The van der Waals surface area contributed by atoms with E-state index in [1.165, 1.54) is 12.8 Å². The van der Waals surface area contributed by atoms with Crippen molar-refractivity contribution in [3.05, 3.63) is 36.0 Å². The van der Waals surface area contributed by atoms with E-state index in [1.807, 2.05) is 24.3 Å². The Bertz CT molecular complexity index is 611. The Labute approximate surface area is 125 Å². The Hall–Kier alpha value is -1.81. The summed E-state index contributed by atoms with van der Waals surface area (Å²) < 4.78 is 0. The van der Waals surface area contributed by atoms with E-state index < -0.39 is 0 Å². The molecule has 1 aromatic heterocycles. The maximum atomic E-state index is 12.3. The number of carbonyl (C=O) groups excluding carboxylic acids is 1. The van der Waals surface area contributed by atoms with Crippen LogP contribution in [-0.2, 0) is 0 Å². The average molecular weight is 285 g/mol. The molecule has 0 bridgehead atoms. The normalized spacial score (nSPS) is 17.2. The summed E-state index contributed by atoms with van der Waals surface area (Å²) in [5, 5.41) is 4.02. The van der Waals surface area contributed by atoms with E-state index in [0.29, 0.717) is 6.54 Å². The van der Waals surface area contributed by atoms with Gasteiger partial charge in [0.1, 0.15) is 0 Å². The molecule has 0 radical (unpaired) electrons. The standard InChI is InChI=1S/C17H23N3O/c1-13-6-9-20(10-7-13)11-8-18-17(21)15-12-19-16-5-3-2-4-14(15)16/h2-5,12-13,19H,6-11H2,1H3,(H,18,21). The Morgan fingerprint density at radius 1 is 1.33 bits per heavy atom. The van der Waals surface area contributed by atoms with Gasteiger partial charge in [0.15, 0.2) is 0 Å². The van der Waals surface area contributed by atoms with Crippen molar-refractivity contribution >= 4 is 16.8 Å². The number of amides is 1. The van der Waals surface area contributed by atoms with Crippen molar-refractivity contribution in [1.82, 2.24) is 15.2 Å². The first-order valence-electron chi connectivity index (χ1n) is 7.80. The number of nitrogens with zero attached hydrogens (tertiary/aromatic N) is 1. The highest BCUT2D eigenvalue weighted by molar-refractivity contribution is 6.06. The lowest BCUT2D eigenvalue weighted by atomic mass is 9.99. The van der Waals surface area contributed by atoms with Crippen LogP contribution in [-0.4, -0.2) is 42.0 Å². The van der Waals surface area contributed by atoms with Gasteiger partial charge in [-0.1, -0.05) is 25.1 Å². The molecule has 2 heterocycles. The van der Waals surface area contributed by atoms with Gasteiger partial charge in [-0.3, -0.25) is 4.79 Å². The molecule has 3 rings (SSSR count). The third-order valence-electron chi connectivity index (χ3n) is 4.42. The monoisotopic (exact) mass is 285 g/mol. The molecule has 2 N–H and O–H groups in total. The fourth-order valence-electron chi connectivity index (χ4n) is 2.97. The van der Waals surface area contributed by atoms with Gasteiger partial charge >= 0.3 is 0 Å². The molecule has 4 nitrogen and oxygen atoms in total. The van der Waals surface area contributed by atoms with Crippen LogP contribution in [0.4, 0.5) is 0 Å². The lowest BCUT2D eigenvalue weighted by Gasteiger charge is -2.30. The predicted octanol–water partition coefficient (Wildman–Crippen LogP) is 2.63. The minimum Gasteiger partial charge on any atom is -0.360 e. The molecule has 0 spiro atoms. The zero-order valence-electron chi connectivity index (χ0n) is 12.6. The summed E-state index contributed by atoms with van der Waals surface area (Å²) in [5.74, 6) is 0.861. The molecule has 0 unspecified atom stereocenters. The average Bonchev–Trinajstić information content (AvgIpc) is 2.93. The zero-order valence-corrected chi connectivity index (χ0v) is 12.6. The van der Waals surface area contributed by atoms with Crippen LogP contribution in [0.2, 0.25) is 0 Å². The number of para-hydroxylation sites is 1. The van der Waals surface area contributed by atoms with Crippen LogP contribution in [0.1, 0.15) is 30.1 Å². The molecule has 1 aliphatic rings. The first-order chi connectivity index (χ1) is 10.2. The summed E-state index contributed by atoms with van der Waals surface area (Å²) in [6.45, 7) is 6.29. The highest BCUT2D eigenvalue weighted by Crippen LogP contribution is 2.17. The fraction of sp³-hybridized carbons (Fsp3) is 0.471. The molecular formula is C17H23N3O. The molecular weight excluding hydrogens is 262 g/mol. The Balaban J connectivity index is 1.52. The van der Waals surface area contributed by atoms with E-state index in [2.05, 4.69) is 22.1 Å². The van der Waals surface area contributed by atoms with Crippen LogP contribution in [0.3, 0.4) is 0 Å². The van der Waals surface area contributed by atoms with Crippen molar-refractivity contribution in [3.8, 4) is 0 Å². The van der Waals surface area contributed by atoms with E-state index in [9.17, 15) is 4.79 Å². The molecule has 1 aromatic carbocycles. The van der Waals surface area contributed by atoms with Crippen LogP contribution in [0.25, 0.3) is 10.9 Å². The summed E-state index contributed by atoms with van der Waals surface area (Å²) in [4.78, 5) is 17.8. The third-order valence-corrected chi connectivity index (χ3v) is 4.42. The number of H-pyrrole nitrogens is 1. The number of hydrogen-bond acceptors (Lipinski definition) is 2. The molecule has 1 amide bonds. The SMILES string of the molecule is CC1CCN(CCNC(=O)c2c[nH]c3ccccc23)CC1. The summed E-state index contributed by atoms with van der Waals surface area (Å²) in [7, 11) is 0. The number of piperidine rings is 1. The van der Waals surface area contributed by atoms with Crippen molar-refractivity contribution in [3.63, 3.8) is 0 Å². The number of nitrogens with one attached hydrogen (secondary N) is 2. The minimum absolute atomic E-state index is 0.0119. The number of rotatable bonds is 4. The summed E-state index contributed by atoms with van der Waals surface area (Å²) in [6, 6.07) is 7.90. The van der Waals surface area contributed by atoms with Crippen LogP contribution in [0, 0.1) is 5.92 Å². The van der Waals surface area contributed by atoms with Crippen molar-refractivity contribution in [2.24, 2.45) is 5.92 Å². The van der Waals surface area contributed by atoms with Gasteiger partial charge in [-0.2, -0.15) is 0 Å². The molecule has 1 aliphatic heterocycles. The predicted molar refractivity (Wildman–Crippen MR) is 85.5 cm³/mol. The smallest absolute Gasteiger partial charge is 0.253 e. The highest BCUT2D eigenvalue weighted by atomic mass is 16.1. The van der Waals surface area contributed by atoms with Gasteiger partial charge in [0, 0.05) is 30.2 Å². The molecule has 0 saturated carbocycles. The molecule has 1 saturated heterocycles. The Morgan fingerprint density at radius 2 is 2.10 bits per heavy atom. The summed E-state index contributed by atoms with van der Waals surface area (Å²) in [5.41, 5.74) is 1.74. The van der Waals surface area contributed by atoms with Crippen LogP contribution >= 0.6 is 0 Å². The zero-order chi connectivity index (χ0) is 14.7. The second-order valence-electron chi connectivity index (χ2n) is 6.03. The molecule has 1 fully saturated rings. The van der Waals surface area contributed by atoms with Crippen molar-refractivity contribution < 1.29 is 4.79 Å². The quantitative estimate of drug-likeness (QED) is 0.907. The van der Waals surface area contributed by atoms with Crippen LogP contribution in [0.5, 0.6) is 0 Å². The maximum Gasteiger partial charge on any atom is 0.253 e. The molecule has 21 heavy (non-hydrogen) atoms. The molecule has 4 heteroatoms. The fourth-order valence-corrected chi connectivity index (χ4v) is 2.97. The number of aromatic nitrogens is 1. The number of likely N-dealkylation sites (tertiary alicyclic amines) is 1. The van der Waals surface area contributed by atoms with Gasteiger partial charge in [0.25, 0.3) is 5.91 Å². The number of aromatic amines is 1. The van der Waals surface area contributed by atoms with E-state index in [1.54, 1.807) is 6.20 Å². The minimum atomic E-state index is 0.0119. The van der Waals surface area contributed by atoms with Gasteiger partial charge < -0.3 is 15.2 Å². The first kappa shape index (κ1) is 14.1. The topological polar surface area (TPSA) is 48.1 Å². The van der Waals surface area contributed by atoms with Crippen molar-refractivity contribution in [2.45, 2.75) is 19.8 Å². The second kappa shape index (κ2) is 6.31. The van der Waals surface area contributed by atoms with Gasteiger partial charge in [0.05, 0.1) is 5.56 Å². The summed E-state index contributed by atoms with van der Waals surface area (Å²) >= 11 is 0. The highest BCUT2D eigenvalue weighted by Gasteiger charge is 2.16. The van der Waals surface area contributed by atoms with E-state index in [0.717, 1.165) is 42.0 Å². The van der Waals surface area contributed by atoms with Crippen molar-refractivity contribution in [2.75, 3.05) is 26.2 Å². The van der Waals surface area contributed by atoms with Crippen LogP contribution < -0.4 is 5.32 Å². The van der Waals surface area contributed by atoms with E-state index in [-0.39, 0.29) is 5.91 Å². The molecule has 112 valence electrons. The number of carbonyl (C=O) groups is 1. The van der Waals surface area contributed by atoms with Crippen molar-refractivity contribution in [1.29, 1.82) is 0 Å². The van der Waals surface area contributed by atoms with Gasteiger partial charge in [-0.05, 0) is 37.9 Å². The largest absolute Gasteiger partial charge is 0.360 e. The lowest BCUT2D eigenvalue weighted by molar-refractivity contribution is 0.0946. The van der Waals surface area contributed by atoms with E-state index >= 15 is 0 Å². The van der Waals surface area contributed by atoms with Crippen LogP contribution in [0.15, 0.2) is 30.5 Å². The number of fused-ring (bicyclic) bond motifs is 1. The third kappa shape index (κ3) is 3.27. The number of benzene rings is 1. The van der Waals surface area contributed by atoms with Gasteiger partial charge in [-0.25, -0.2) is 0 Å². The maximum absolute atomic E-state index is 12.3. The van der Waals surface area contributed by atoms with Gasteiger partial charge in [-0.15, -0.1) is 0 Å². The lowest BCUT2D eigenvalue weighted by Crippen LogP contribution is -2.39. The Kier molecular flexibility index (Phi) is 4.25. The Morgan fingerprint density at radius 3 is 2.90 bits per heavy atom.